The van der Waals surface area contributed by atoms with Gasteiger partial charge >= 0.3 is 6.09 Å². The van der Waals surface area contributed by atoms with Crippen molar-refractivity contribution in [3.8, 4) is 0 Å². The SMILES string of the molecule is CCOC(=O)N1CC2(CC[C@@H](N3CCNCC3)C2C)C1. The molecule has 0 aromatic carbocycles. The lowest BCUT2D eigenvalue weighted by atomic mass is 9.71. The summed E-state index contributed by atoms with van der Waals surface area (Å²) in [7, 11) is 0. The van der Waals surface area contributed by atoms with Gasteiger partial charge in [0.15, 0.2) is 0 Å². The molecule has 2 heterocycles. The third-order valence-electron chi connectivity index (χ3n) is 5.64. The highest BCUT2D eigenvalue weighted by Gasteiger charge is 2.55. The van der Waals surface area contributed by atoms with Crippen LogP contribution in [0.5, 0.6) is 0 Å². The maximum absolute atomic E-state index is 11.7. The van der Waals surface area contributed by atoms with Gasteiger partial charge in [0.25, 0.3) is 0 Å². The van der Waals surface area contributed by atoms with E-state index in [1.54, 1.807) is 0 Å². The fourth-order valence-electron chi connectivity index (χ4n) is 4.34. The molecule has 1 unspecified atom stereocenters. The molecule has 3 aliphatic rings. The molecule has 5 heteroatoms. The Labute approximate surface area is 121 Å². The van der Waals surface area contributed by atoms with Crippen molar-refractivity contribution in [3.05, 3.63) is 0 Å². The topological polar surface area (TPSA) is 44.8 Å². The molecule has 2 atom stereocenters. The first-order chi connectivity index (χ1) is 9.66. The van der Waals surface area contributed by atoms with Crippen LogP contribution in [0, 0.1) is 11.3 Å². The van der Waals surface area contributed by atoms with Crippen molar-refractivity contribution < 1.29 is 9.53 Å². The van der Waals surface area contributed by atoms with Crippen molar-refractivity contribution in [2.45, 2.75) is 32.7 Å². The van der Waals surface area contributed by atoms with E-state index in [0.29, 0.717) is 24.0 Å². The Kier molecular flexibility index (Phi) is 3.91. The van der Waals surface area contributed by atoms with Gasteiger partial charge in [-0.3, -0.25) is 4.90 Å². The molecule has 0 aromatic heterocycles. The van der Waals surface area contributed by atoms with Crippen molar-refractivity contribution in [1.82, 2.24) is 15.1 Å². The Morgan fingerprint density at radius 1 is 1.35 bits per heavy atom. The molecule has 3 fully saturated rings. The lowest BCUT2D eigenvalue weighted by Crippen LogP contribution is -2.61. The van der Waals surface area contributed by atoms with Crippen LogP contribution in [-0.2, 0) is 4.74 Å². The van der Waals surface area contributed by atoms with Gasteiger partial charge in [-0.05, 0) is 25.7 Å². The molecule has 1 saturated carbocycles. The van der Waals surface area contributed by atoms with Crippen LogP contribution in [0.4, 0.5) is 4.79 Å². The summed E-state index contributed by atoms with van der Waals surface area (Å²) >= 11 is 0. The van der Waals surface area contributed by atoms with Crippen LogP contribution in [0.25, 0.3) is 0 Å². The summed E-state index contributed by atoms with van der Waals surface area (Å²) in [6.07, 6.45) is 2.42. The minimum absolute atomic E-state index is 0.129. The van der Waals surface area contributed by atoms with Gasteiger partial charge in [0.2, 0.25) is 0 Å². The van der Waals surface area contributed by atoms with Gasteiger partial charge in [-0.1, -0.05) is 6.92 Å². The predicted octanol–water partition coefficient (Wildman–Crippen LogP) is 1.15. The Bertz CT molecular complexity index is 362. The summed E-state index contributed by atoms with van der Waals surface area (Å²) in [5.41, 5.74) is 0.363. The molecule has 0 bridgehead atoms. The Morgan fingerprint density at radius 3 is 2.70 bits per heavy atom. The van der Waals surface area contributed by atoms with Crippen molar-refractivity contribution in [1.29, 1.82) is 0 Å². The van der Waals surface area contributed by atoms with E-state index in [9.17, 15) is 4.79 Å². The molecule has 5 nitrogen and oxygen atoms in total. The number of nitrogens with one attached hydrogen (secondary N) is 1. The van der Waals surface area contributed by atoms with E-state index in [1.165, 1.54) is 25.9 Å². The number of likely N-dealkylation sites (tertiary alicyclic amines) is 1. The number of piperazine rings is 1. The molecule has 3 rings (SSSR count). The van der Waals surface area contributed by atoms with Gasteiger partial charge in [0.05, 0.1) is 6.61 Å². The molecular formula is C15H27N3O2. The van der Waals surface area contributed by atoms with E-state index in [2.05, 4.69) is 17.1 Å². The molecule has 20 heavy (non-hydrogen) atoms. The van der Waals surface area contributed by atoms with Gasteiger partial charge in [-0.25, -0.2) is 4.79 Å². The summed E-state index contributed by atoms with van der Waals surface area (Å²) in [6, 6.07) is 0.710. The van der Waals surface area contributed by atoms with Crippen molar-refractivity contribution in [2.75, 3.05) is 45.9 Å². The number of hydrogen-bond donors (Lipinski definition) is 1. The van der Waals surface area contributed by atoms with Crippen molar-refractivity contribution >= 4 is 6.09 Å². The third-order valence-corrected chi connectivity index (χ3v) is 5.64. The first kappa shape index (κ1) is 14.1. The van der Waals surface area contributed by atoms with Crippen molar-refractivity contribution in [2.24, 2.45) is 11.3 Å². The second-order valence-corrected chi connectivity index (χ2v) is 6.60. The van der Waals surface area contributed by atoms with Crippen LogP contribution in [0.2, 0.25) is 0 Å². The maximum atomic E-state index is 11.7. The minimum atomic E-state index is -0.129. The second kappa shape index (κ2) is 5.53. The van der Waals surface area contributed by atoms with E-state index >= 15 is 0 Å². The van der Waals surface area contributed by atoms with Gasteiger partial charge in [0, 0.05) is 50.7 Å². The Balaban J connectivity index is 1.57. The number of rotatable bonds is 2. The van der Waals surface area contributed by atoms with Gasteiger partial charge in [-0.2, -0.15) is 0 Å². The highest BCUT2D eigenvalue weighted by atomic mass is 16.6. The van der Waals surface area contributed by atoms with E-state index in [4.69, 9.17) is 4.74 Å². The van der Waals surface area contributed by atoms with Gasteiger partial charge in [0.1, 0.15) is 0 Å². The van der Waals surface area contributed by atoms with E-state index in [1.807, 2.05) is 11.8 Å². The predicted molar refractivity (Wildman–Crippen MR) is 77.7 cm³/mol. The van der Waals surface area contributed by atoms with Gasteiger partial charge in [-0.15, -0.1) is 0 Å². The summed E-state index contributed by atoms with van der Waals surface area (Å²) in [5.74, 6) is 0.686. The van der Waals surface area contributed by atoms with Crippen LogP contribution in [0.15, 0.2) is 0 Å². The number of ether oxygens (including phenoxy) is 1. The molecule has 1 N–H and O–H groups in total. The number of carbonyl (C=O) groups is 1. The fraction of sp³-hybridized carbons (Fsp3) is 0.933. The summed E-state index contributed by atoms with van der Waals surface area (Å²) in [5, 5.41) is 3.43. The molecule has 0 aromatic rings. The van der Waals surface area contributed by atoms with E-state index in [0.717, 1.165) is 26.2 Å². The Hall–Kier alpha value is -0.810. The molecule has 114 valence electrons. The highest BCUT2D eigenvalue weighted by Crippen LogP contribution is 2.51. The standard InChI is InChI=1S/C15H27N3O2/c1-3-20-14(19)18-10-15(11-18)5-4-13(12(15)2)17-8-6-16-7-9-17/h12-13,16H,3-11H2,1-2H3/t12?,13-/m1/s1. The fourth-order valence-corrected chi connectivity index (χ4v) is 4.34. The van der Waals surface area contributed by atoms with E-state index in [-0.39, 0.29) is 6.09 Å². The summed E-state index contributed by atoms with van der Waals surface area (Å²) in [4.78, 5) is 16.3. The van der Waals surface area contributed by atoms with Gasteiger partial charge < -0.3 is 15.0 Å². The minimum Gasteiger partial charge on any atom is -0.450 e. The zero-order valence-electron chi connectivity index (χ0n) is 12.7. The molecule has 1 aliphatic carbocycles. The number of hydrogen-bond acceptors (Lipinski definition) is 4. The monoisotopic (exact) mass is 281 g/mol. The summed E-state index contributed by atoms with van der Waals surface area (Å²) in [6.45, 7) is 11.1. The van der Waals surface area contributed by atoms with Crippen LogP contribution in [0.1, 0.15) is 26.7 Å². The molecule has 2 aliphatic heterocycles. The molecule has 1 spiro atoms. The first-order valence-electron chi connectivity index (χ1n) is 8.03. The molecule has 2 saturated heterocycles. The van der Waals surface area contributed by atoms with Crippen LogP contribution in [0.3, 0.4) is 0 Å². The average Bonchev–Trinajstić information content (AvgIpc) is 2.76. The number of amides is 1. The van der Waals surface area contributed by atoms with E-state index < -0.39 is 0 Å². The van der Waals surface area contributed by atoms with Crippen molar-refractivity contribution in [3.63, 3.8) is 0 Å². The van der Waals surface area contributed by atoms with Crippen LogP contribution < -0.4 is 5.32 Å². The zero-order chi connectivity index (χ0) is 14.2. The third kappa shape index (κ3) is 2.31. The average molecular weight is 281 g/mol. The lowest BCUT2D eigenvalue weighted by molar-refractivity contribution is -0.0332. The summed E-state index contributed by atoms with van der Waals surface area (Å²) < 4.78 is 5.10. The van der Waals surface area contributed by atoms with Crippen LogP contribution >= 0.6 is 0 Å². The Morgan fingerprint density at radius 2 is 2.05 bits per heavy atom. The maximum Gasteiger partial charge on any atom is 0.409 e. The molecule has 0 radical (unpaired) electrons. The largest absolute Gasteiger partial charge is 0.450 e. The second-order valence-electron chi connectivity index (χ2n) is 6.60. The highest BCUT2D eigenvalue weighted by molar-refractivity contribution is 5.69. The number of nitrogens with zero attached hydrogens (tertiary/aromatic N) is 2. The first-order valence-corrected chi connectivity index (χ1v) is 8.03. The lowest BCUT2D eigenvalue weighted by Gasteiger charge is -2.51. The smallest absolute Gasteiger partial charge is 0.409 e. The normalized spacial score (nSPS) is 33.2. The number of carbonyl (C=O) groups excluding carboxylic acids is 1. The molecule has 1 amide bonds. The van der Waals surface area contributed by atoms with Crippen LogP contribution in [-0.4, -0.2) is 67.8 Å². The zero-order valence-corrected chi connectivity index (χ0v) is 12.7. The molecular weight excluding hydrogens is 254 g/mol. The quantitative estimate of drug-likeness (QED) is 0.825.